The summed E-state index contributed by atoms with van der Waals surface area (Å²) < 4.78 is 24.8. The molecule has 1 aliphatic heterocycles. The number of alkyl halides is 1. The van der Waals surface area contributed by atoms with Crippen molar-refractivity contribution in [3.05, 3.63) is 35.6 Å². The molecule has 0 aromatic heterocycles. The van der Waals surface area contributed by atoms with Crippen LogP contribution in [0.15, 0.2) is 24.3 Å². The summed E-state index contributed by atoms with van der Waals surface area (Å²) in [6.07, 6.45) is 1.85. The summed E-state index contributed by atoms with van der Waals surface area (Å²) in [5.74, 6) is 0.334. The highest BCUT2D eigenvalue weighted by atomic mass is 79.9. The monoisotopic (exact) mass is 316 g/mol. The minimum atomic E-state index is -0.214. The van der Waals surface area contributed by atoms with Gasteiger partial charge in [-0.15, -0.1) is 0 Å². The second-order valence-electron chi connectivity index (χ2n) is 4.55. The number of ether oxygens (including phenoxy) is 2. The topological polar surface area (TPSA) is 18.5 Å². The summed E-state index contributed by atoms with van der Waals surface area (Å²) >= 11 is 3.40. The SMILES string of the molecule is Fc1ccccc1C(CBr)OCC1CCOCC1. The zero-order valence-corrected chi connectivity index (χ0v) is 11.9. The summed E-state index contributed by atoms with van der Waals surface area (Å²) in [5, 5.41) is 0.608. The van der Waals surface area contributed by atoms with E-state index >= 15 is 0 Å². The molecule has 2 nitrogen and oxygen atoms in total. The Kier molecular flexibility index (Phi) is 5.60. The fourth-order valence-corrected chi connectivity index (χ4v) is 2.65. The minimum Gasteiger partial charge on any atom is -0.381 e. The molecular formula is C14H18BrFO2. The third-order valence-electron chi connectivity index (χ3n) is 3.27. The number of halogens is 2. The normalized spacial score (nSPS) is 18.8. The number of benzene rings is 1. The molecule has 0 N–H and O–H groups in total. The Hall–Kier alpha value is -0.450. The maximum absolute atomic E-state index is 13.7. The molecule has 2 rings (SSSR count). The lowest BCUT2D eigenvalue weighted by atomic mass is 10.0. The zero-order valence-electron chi connectivity index (χ0n) is 10.3. The van der Waals surface area contributed by atoms with E-state index in [0.29, 0.717) is 23.4 Å². The number of hydrogen-bond acceptors (Lipinski definition) is 2. The van der Waals surface area contributed by atoms with Gasteiger partial charge in [0, 0.05) is 24.1 Å². The highest BCUT2D eigenvalue weighted by Gasteiger charge is 2.19. The summed E-state index contributed by atoms with van der Waals surface area (Å²) in [4.78, 5) is 0. The van der Waals surface area contributed by atoms with Gasteiger partial charge in [0.25, 0.3) is 0 Å². The van der Waals surface area contributed by atoms with Gasteiger partial charge in [0.15, 0.2) is 0 Å². The van der Waals surface area contributed by atoms with E-state index in [2.05, 4.69) is 15.9 Å². The van der Waals surface area contributed by atoms with E-state index in [1.807, 2.05) is 6.07 Å². The third-order valence-corrected chi connectivity index (χ3v) is 3.85. The van der Waals surface area contributed by atoms with Crippen LogP contribution in [0.5, 0.6) is 0 Å². The molecule has 0 spiro atoms. The lowest BCUT2D eigenvalue weighted by molar-refractivity contribution is -0.00469. The van der Waals surface area contributed by atoms with Crippen LogP contribution in [-0.4, -0.2) is 25.2 Å². The molecule has 18 heavy (non-hydrogen) atoms. The summed E-state index contributed by atoms with van der Waals surface area (Å²) in [6.45, 7) is 2.30. The number of rotatable bonds is 5. The van der Waals surface area contributed by atoms with Crippen molar-refractivity contribution in [2.24, 2.45) is 5.92 Å². The molecule has 100 valence electrons. The van der Waals surface area contributed by atoms with Gasteiger partial charge in [-0.1, -0.05) is 34.1 Å². The van der Waals surface area contributed by atoms with Crippen molar-refractivity contribution < 1.29 is 13.9 Å². The van der Waals surface area contributed by atoms with Gasteiger partial charge in [0.1, 0.15) is 5.82 Å². The molecule has 1 fully saturated rings. The highest BCUT2D eigenvalue weighted by molar-refractivity contribution is 9.09. The molecule has 1 heterocycles. The first-order valence-electron chi connectivity index (χ1n) is 6.31. The minimum absolute atomic E-state index is 0.200. The second kappa shape index (κ2) is 7.22. The molecule has 0 bridgehead atoms. The molecule has 0 saturated carbocycles. The van der Waals surface area contributed by atoms with E-state index in [9.17, 15) is 4.39 Å². The van der Waals surface area contributed by atoms with Crippen LogP contribution in [0.25, 0.3) is 0 Å². The summed E-state index contributed by atoms with van der Waals surface area (Å²) in [6, 6.07) is 6.79. The predicted octanol–water partition coefficient (Wildman–Crippen LogP) is 3.70. The van der Waals surface area contributed by atoms with Crippen LogP contribution in [0.1, 0.15) is 24.5 Å². The van der Waals surface area contributed by atoms with Crippen molar-refractivity contribution in [3.63, 3.8) is 0 Å². The van der Waals surface area contributed by atoms with Crippen molar-refractivity contribution >= 4 is 15.9 Å². The molecule has 1 unspecified atom stereocenters. The molecule has 1 atom stereocenters. The van der Waals surface area contributed by atoms with Crippen LogP contribution >= 0.6 is 15.9 Å². The second-order valence-corrected chi connectivity index (χ2v) is 5.20. The molecule has 0 amide bonds. The Morgan fingerprint density at radius 3 is 2.72 bits per heavy atom. The molecule has 0 aliphatic carbocycles. The van der Waals surface area contributed by atoms with E-state index < -0.39 is 0 Å². The highest BCUT2D eigenvalue weighted by Crippen LogP contribution is 2.25. The smallest absolute Gasteiger partial charge is 0.129 e. The van der Waals surface area contributed by atoms with Gasteiger partial charge in [-0.2, -0.15) is 0 Å². The van der Waals surface area contributed by atoms with Gasteiger partial charge in [-0.25, -0.2) is 4.39 Å². The largest absolute Gasteiger partial charge is 0.381 e. The van der Waals surface area contributed by atoms with Gasteiger partial charge in [0.2, 0.25) is 0 Å². The molecule has 4 heteroatoms. The van der Waals surface area contributed by atoms with Crippen LogP contribution in [0.3, 0.4) is 0 Å². The van der Waals surface area contributed by atoms with Gasteiger partial charge >= 0.3 is 0 Å². The van der Waals surface area contributed by atoms with Crippen molar-refractivity contribution in [2.75, 3.05) is 25.2 Å². The van der Waals surface area contributed by atoms with E-state index in [1.54, 1.807) is 12.1 Å². The van der Waals surface area contributed by atoms with Crippen molar-refractivity contribution in [1.29, 1.82) is 0 Å². The molecule has 0 radical (unpaired) electrons. The Morgan fingerprint density at radius 1 is 1.33 bits per heavy atom. The lowest BCUT2D eigenvalue weighted by Gasteiger charge is -2.24. The lowest BCUT2D eigenvalue weighted by Crippen LogP contribution is -2.22. The Morgan fingerprint density at radius 2 is 2.06 bits per heavy atom. The maximum Gasteiger partial charge on any atom is 0.129 e. The third kappa shape index (κ3) is 3.77. The first kappa shape index (κ1) is 14.0. The first-order chi connectivity index (χ1) is 8.81. The fourth-order valence-electron chi connectivity index (χ4n) is 2.12. The average molecular weight is 317 g/mol. The molecule has 1 aromatic carbocycles. The standard InChI is InChI=1S/C14H18BrFO2/c15-9-14(12-3-1-2-4-13(12)16)18-10-11-5-7-17-8-6-11/h1-4,11,14H,5-10H2. The van der Waals surface area contributed by atoms with Crippen LogP contribution in [0.4, 0.5) is 4.39 Å². The Balaban J connectivity index is 1.91. The van der Waals surface area contributed by atoms with Gasteiger partial charge in [0.05, 0.1) is 12.7 Å². The van der Waals surface area contributed by atoms with Crippen LogP contribution in [0, 0.1) is 11.7 Å². The molecule has 1 aliphatic rings. The molecule has 1 saturated heterocycles. The van der Waals surface area contributed by atoms with Gasteiger partial charge in [-0.3, -0.25) is 0 Å². The Labute approximate surface area is 116 Å². The maximum atomic E-state index is 13.7. The van der Waals surface area contributed by atoms with E-state index in [4.69, 9.17) is 9.47 Å². The first-order valence-corrected chi connectivity index (χ1v) is 7.43. The van der Waals surface area contributed by atoms with Crippen molar-refractivity contribution in [3.8, 4) is 0 Å². The quantitative estimate of drug-likeness (QED) is 0.771. The van der Waals surface area contributed by atoms with Crippen molar-refractivity contribution in [1.82, 2.24) is 0 Å². The van der Waals surface area contributed by atoms with Crippen LogP contribution in [0.2, 0.25) is 0 Å². The molecular weight excluding hydrogens is 299 g/mol. The zero-order chi connectivity index (χ0) is 12.8. The average Bonchev–Trinajstić information content (AvgIpc) is 2.42. The van der Waals surface area contributed by atoms with E-state index in [-0.39, 0.29) is 11.9 Å². The van der Waals surface area contributed by atoms with Crippen LogP contribution < -0.4 is 0 Å². The Bertz CT molecular complexity index is 367. The van der Waals surface area contributed by atoms with E-state index in [1.165, 1.54) is 6.07 Å². The summed E-state index contributed by atoms with van der Waals surface area (Å²) in [7, 11) is 0. The molecule has 1 aromatic rings. The fraction of sp³-hybridized carbons (Fsp3) is 0.571. The van der Waals surface area contributed by atoms with Crippen LogP contribution in [-0.2, 0) is 9.47 Å². The predicted molar refractivity (Wildman–Crippen MR) is 72.4 cm³/mol. The summed E-state index contributed by atoms with van der Waals surface area (Å²) in [5.41, 5.74) is 0.626. The number of hydrogen-bond donors (Lipinski definition) is 0. The van der Waals surface area contributed by atoms with Gasteiger partial charge < -0.3 is 9.47 Å². The van der Waals surface area contributed by atoms with Gasteiger partial charge in [-0.05, 0) is 24.8 Å². The van der Waals surface area contributed by atoms with E-state index in [0.717, 1.165) is 26.1 Å². The van der Waals surface area contributed by atoms with Crippen molar-refractivity contribution in [2.45, 2.75) is 18.9 Å².